The van der Waals surface area contributed by atoms with Crippen LogP contribution in [0.1, 0.15) is 48.5 Å². The van der Waals surface area contributed by atoms with E-state index < -0.39 is 8.80 Å². The molecule has 0 radical (unpaired) electrons. The molecule has 0 heterocycles. The Morgan fingerprint density at radius 1 is 0.765 bits per heavy atom. The highest BCUT2D eigenvalue weighted by molar-refractivity contribution is 6.60. The summed E-state index contributed by atoms with van der Waals surface area (Å²) in [5.41, 5.74) is 0. The molecule has 17 heavy (non-hydrogen) atoms. The zero-order valence-electron chi connectivity index (χ0n) is 12.3. The van der Waals surface area contributed by atoms with Crippen LogP contribution in [-0.2, 0) is 18.0 Å². The standard InChI is InChI=1S/C12H28O4Si/c1-8-13-9-17(14-10(2)3,15-11(4)5)16-12(6)7/h10-12H,8-9H2,1-7H3. The first kappa shape index (κ1) is 17.1. The first-order chi connectivity index (χ1) is 7.81. The Balaban J connectivity index is 4.76. The van der Waals surface area contributed by atoms with E-state index in [4.69, 9.17) is 18.0 Å². The highest BCUT2D eigenvalue weighted by Gasteiger charge is 2.44. The van der Waals surface area contributed by atoms with E-state index in [2.05, 4.69) is 0 Å². The SMILES string of the molecule is CCOC[Si](OC(C)C)(OC(C)C)OC(C)C. The summed E-state index contributed by atoms with van der Waals surface area (Å²) in [6.45, 7) is 14.5. The van der Waals surface area contributed by atoms with Gasteiger partial charge in [-0.2, -0.15) is 0 Å². The number of ether oxygens (including phenoxy) is 1. The summed E-state index contributed by atoms with van der Waals surface area (Å²) in [5.74, 6) is 0. The zero-order chi connectivity index (χ0) is 13.5. The Morgan fingerprint density at radius 3 is 1.35 bits per heavy atom. The van der Waals surface area contributed by atoms with Crippen molar-refractivity contribution < 1.29 is 18.0 Å². The second kappa shape index (κ2) is 8.21. The molecule has 0 rings (SSSR count). The van der Waals surface area contributed by atoms with Crippen molar-refractivity contribution in [1.29, 1.82) is 0 Å². The van der Waals surface area contributed by atoms with Gasteiger partial charge in [-0.3, -0.25) is 0 Å². The van der Waals surface area contributed by atoms with Crippen LogP contribution in [0.15, 0.2) is 0 Å². The first-order valence-electron chi connectivity index (χ1n) is 6.42. The Labute approximate surface area is 107 Å². The van der Waals surface area contributed by atoms with E-state index in [9.17, 15) is 0 Å². The van der Waals surface area contributed by atoms with Crippen molar-refractivity contribution >= 4 is 8.80 Å². The van der Waals surface area contributed by atoms with Gasteiger partial charge in [0.05, 0.1) is 0 Å². The van der Waals surface area contributed by atoms with Gasteiger partial charge in [0, 0.05) is 24.9 Å². The summed E-state index contributed by atoms with van der Waals surface area (Å²) >= 11 is 0. The van der Waals surface area contributed by atoms with Gasteiger partial charge in [0.2, 0.25) is 0 Å². The maximum Gasteiger partial charge on any atom is 0.528 e. The van der Waals surface area contributed by atoms with Crippen molar-refractivity contribution in [2.75, 3.05) is 12.8 Å². The van der Waals surface area contributed by atoms with Gasteiger partial charge >= 0.3 is 8.80 Å². The van der Waals surface area contributed by atoms with Gasteiger partial charge in [-0.25, -0.2) is 0 Å². The van der Waals surface area contributed by atoms with Crippen LogP contribution < -0.4 is 0 Å². The summed E-state index contributed by atoms with van der Waals surface area (Å²) in [5, 5.41) is 0. The summed E-state index contributed by atoms with van der Waals surface area (Å²) in [6, 6.07) is 0. The van der Waals surface area contributed by atoms with E-state index in [1.807, 2.05) is 48.5 Å². The fraction of sp³-hybridized carbons (Fsp3) is 1.00. The van der Waals surface area contributed by atoms with Crippen LogP contribution in [0.3, 0.4) is 0 Å². The van der Waals surface area contributed by atoms with Gasteiger partial charge in [-0.1, -0.05) is 0 Å². The van der Waals surface area contributed by atoms with Crippen LogP contribution in [0.4, 0.5) is 0 Å². The molecule has 104 valence electrons. The minimum absolute atomic E-state index is 0.0691. The second-order valence-corrected chi connectivity index (χ2v) is 7.18. The van der Waals surface area contributed by atoms with Crippen LogP contribution in [0.5, 0.6) is 0 Å². The lowest BCUT2D eigenvalue weighted by Crippen LogP contribution is -2.54. The fourth-order valence-corrected chi connectivity index (χ4v) is 4.47. The summed E-state index contributed by atoms with van der Waals surface area (Å²) in [7, 11) is -2.73. The molecule has 0 amide bonds. The van der Waals surface area contributed by atoms with Crippen molar-refractivity contribution in [2.45, 2.75) is 66.8 Å². The molecule has 0 N–H and O–H groups in total. The van der Waals surface area contributed by atoms with Crippen LogP contribution in [0, 0.1) is 0 Å². The molecule has 4 nitrogen and oxygen atoms in total. The molecule has 0 bridgehead atoms. The molecule has 0 atom stereocenters. The lowest BCUT2D eigenvalue weighted by molar-refractivity contribution is -0.0208. The maximum absolute atomic E-state index is 5.93. The van der Waals surface area contributed by atoms with Gasteiger partial charge in [-0.15, -0.1) is 0 Å². The third-order valence-corrected chi connectivity index (χ3v) is 4.78. The third-order valence-electron chi connectivity index (χ3n) is 1.73. The zero-order valence-corrected chi connectivity index (χ0v) is 13.3. The highest BCUT2D eigenvalue weighted by Crippen LogP contribution is 2.18. The van der Waals surface area contributed by atoms with Gasteiger partial charge in [0.1, 0.15) is 6.23 Å². The van der Waals surface area contributed by atoms with Crippen LogP contribution in [0.2, 0.25) is 0 Å². The molecule has 5 heteroatoms. The van der Waals surface area contributed by atoms with Crippen molar-refractivity contribution in [3.63, 3.8) is 0 Å². The molecule has 0 aromatic rings. The molecule has 0 unspecified atom stereocenters. The van der Waals surface area contributed by atoms with E-state index in [0.29, 0.717) is 12.8 Å². The Hall–Kier alpha value is 0.0569. The highest BCUT2D eigenvalue weighted by atomic mass is 28.4. The van der Waals surface area contributed by atoms with Crippen LogP contribution in [0.25, 0.3) is 0 Å². The largest absolute Gasteiger partial charge is 0.528 e. The van der Waals surface area contributed by atoms with E-state index in [1.54, 1.807) is 0 Å². The van der Waals surface area contributed by atoms with E-state index in [-0.39, 0.29) is 18.3 Å². The lowest BCUT2D eigenvalue weighted by atomic mass is 10.5. The van der Waals surface area contributed by atoms with Crippen molar-refractivity contribution in [2.24, 2.45) is 0 Å². The lowest BCUT2D eigenvalue weighted by Gasteiger charge is -2.34. The maximum atomic E-state index is 5.93. The molecular weight excluding hydrogens is 236 g/mol. The molecule has 0 saturated carbocycles. The number of rotatable bonds is 9. The van der Waals surface area contributed by atoms with Gasteiger partial charge in [0.15, 0.2) is 0 Å². The summed E-state index contributed by atoms with van der Waals surface area (Å²) in [4.78, 5) is 0. The molecule has 0 aliphatic rings. The molecule has 0 fully saturated rings. The van der Waals surface area contributed by atoms with Crippen molar-refractivity contribution in [3.8, 4) is 0 Å². The molecule has 0 aliphatic heterocycles. The minimum Gasteiger partial charge on any atom is -0.377 e. The average Bonchev–Trinajstić information content (AvgIpc) is 2.11. The average molecular weight is 264 g/mol. The molecule has 0 aromatic carbocycles. The number of hydrogen-bond acceptors (Lipinski definition) is 4. The number of hydrogen-bond donors (Lipinski definition) is 0. The van der Waals surface area contributed by atoms with Crippen LogP contribution in [-0.4, -0.2) is 40.0 Å². The third kappa shape index (κ3) is 7.89. The smallest absolute Gasteiger partial charge is 0.377 e. The summed E-state index contributed by atoms with van der Waals surface area (Å²) < 4.78 is 23.3. The van der Waals surface area contributed by atoms with Gasteiger partial charge in [-0.05, 0) is 48.5 Å². The normalized spacial score (nSPS) is 13.1. The van der Waals surface area contributed by atoms with E-state index in [0.717, 1.165) is 0 Å². The monoisotopic (exact) mass is 264 g/mol. The first-order valence-corrected chi connectivity index (χ1v) is 8.35. The predicted octanol–water partition coefficient (Wildman–Crippen LogP) is 2.78. The second-order valence-electron chi connectivity index (χ2n) is 4.82. The molecule has 0 aliphatic carbocycles. The van der Waals surface area contributed by atoms with Crippen molar-refractivity contribution in [3.05, 3.63) is 0 Å². The fourth-order valence-electron chi connectivity index (χ4n) is 1.49. The van der Waals surface area contributed by atoms with Crippen molar-refractivity contribution in [1.82, 2.24) is 0 Å². The Kier molecular flexibility index (Phi) is 8.24. The van der Waals surface area contributed by atoms with Gasteiger partial charge < -0.3 is 18.0 Å². The topological polar surface area (TPSA) is 36.9 Å². The Morgan fingerprint density at radius 2 is 1.12 bits per heavy atom. The molecule has 0 aromatic heterocycles. The van der Waals surface area contributed by atoms with E-state index >= 15 is 0 Å². The summed E-state index contributed by atoms with van der Waals surface area (Å²) in [6.07, 6.45) is 0.622. The Bertz CT molecular complexity index is 168. The quantitative estimate of drug-likeness (QED) is 0.600. The van der Waals surface area contributed by atoms with E-state index in [1.165, 1.54) is 0 Å². The van der Waals surface area contributed by atoms with Crippen LogP contribution >= 0.6 is 0 Å². The minimum atomic E-state index is -2.73. The van der Waals surface area contributed by atoms with Gasteiger partial charge in [0.25, 0.3) is 0 Å². The molecule has 0 saturated heterocycles. The predicted molar refractivity (Wildman–Crippen MR) is 70.9 cm³/mol. The molecular formula is C12H28O4Si. The molecule has 0 spiro atoms.